The largest absolute Gasteiger partial charge is 0.471 e. The highest BCUT2D eigenvalue weighted by molar-refractivity contribution is 5.96. The first-order chi connectivity index (χ1) is 21.9. The van der Waals surface area contributed by atoms with Crippen LogP contribution >= 0.6 is 0 Å². The van der Waals surface area contributed by atoms with E-state index in [2.05, 4.69) is 47.9 Å². The predicted octanol–water partition coefficient (Wildman–Crippen LogP) is 8.87. The lowest BCUT2D eigenvalue weighted by Gasteiger charge is -2.19. The Bertz CT molecular complexity index is 1760. The summed E-state index contributed by atoms with van der Waals surface area (Å²) in [7, 11) is 1.31. The third kappa shape index (κ3) is 9.20. The van der Waals surface area contributed by atoms with Crippen LogP contribution in [0.3, 0.4) is 0 Å². The first-order valence-electron chi connectivity index (χ1n) is 14.9. The third-order valence-corrected chi connectivity index (χ3v) is 7.36. The average Bonchev–Trinajstić information content (AvgIpc) is 3.04. The summed E-state index contributed by atoms with van der Waals surface area (Å²) in [6.07, 6.45) is 2.34. The number of benzene rings is 4. The Balaban J connectivity index is 0.00000113. The van der Waals surface area contributed by atoms with Crippen molar-refractivity contribution in [3.63, 3.8) is 0 Å². The van der Waals surface area contributed by atoms with Gasteiger partial charge in [-0.15, -0.1) is 0 Å². The highest BCUT2D eigenvalue weighted by Gasteiger charge is 2.23. The number of aromatic nitrogens is 1. The number of amides is 1. The van der Waals surface area contributed by atoms with Crippen LogP contribution in [-0.4, -0.2) is 31.0 Å². The fourth-order valence-electron chi connectivity index (χ4n) is 4.70. The van der Waals surface area contributed by atoms with Gasteiger partial charge in [0.25, 0.3) is 18.3 Å². The molecule has 1 N–H and O–H groups in total. The van der Waals surface area contributed by atoms with E-state index < -0.39 is 5.92 Å². The van der Waals surface area contributed by atoms with E-state index in [-0.39, 0.29) is 16.9 Å². The molecular formula is C38H38F2N2O4. The van der Waals surface area contributed by atoms with Gasteiger partial charge >= 0.3 is 0 Å². The van der Waals surface area contributed by atoms with E-state index in [1.54, 1.807) is 24.4 Å². The van der Waals surface area contributed by atoms with Gasteiger partial charge in [0.1, 0.15) is 17.2 Å². The van der Waals surface area contributed by atoms with Crippen LogP contribution in [0.25, 0.3) is 21.9 Å². The van der Waals surface area contributed by atoms with Crippen molar-refractivity contribution in [1.29, 1.82) is 0 Å². The maximum atomic E-state index is 13.5. The lowest BCUT2D eigenvalue weighted by molar-refractivity contribution is -0.126. The number of carbonyl (C=O) groups excluding carboxylic acids is 2. The molecule has 8 heteroatoms. The Morgan fingerprint density at radius 3 is 1.91 bits per heavy atom. The lowest BCUT2D eigenvalue weighted by atomic mass is 9.87. The van der Waals surface area contributed by atoms with E-state index in [1.165, 1.54) is 24.8 Å². The SMILES string of the molecule is CC(C)(C)c1ccc(Oc2ccc3cnc(C(=O)NCCc4ccc(-c5ccc(C(C)(F)F)cc5)cc4)cc3c2)cc1.COC=O. The molecule has 238 valence electrons. The molecule has 0 atom stereocenters. The van der Waals surface area contributed by atoms with Crippen LogP contribution < -0.4 is 10.1 Å². The fraction of sp³-hybridized carbons (Fsp3) is 0.237. The monoisotopic (exact) mass is 624 g/mol. The molecule has 6 nitrogen and oxygen atoms in total. The molecule has 0 radical (unpaired) electrons. The molecular weight excluding hydrogens is 586 g/mol. The predicted molar refractivity (Wildman–Crippen MR) is 178 cm³/mol. The van der Waals surface area contributed by atoms with Crippen LogP contribution in [0.2, 0.25) is 0 Å². The maximum absolute atomic E-state index is 13.5. The summed E-state index contributed by atoms with van der Waals surface area (Å²) in [5.41, 5.74) is 4.52. The summed E-state index contributed by atoms with van der Waals surface area (Å²) in [5, 5.41) is 4.73. The number of hydrogen-bond acceptors (Lipinski definition) is 5. The molecule has 1 aromatic heterocycles. The summed E-state index contributed by atoms with van der Waals surface area (Å²) in [6.45, 7) is 8.25. The fourth-order valence-corrected chi connectivity index (χ4v) is 4.70. The van der Waals surface area contributed by atoms with Crippen LogP contribution in [0, 0.1) is 0 Å². The Morgan fingerprint density at radius 2 is 1.35 bits per heavy atom. The molecule has 0 fully saturated rings. The van der Waals surface area contributed by atoms with E-state index in [4.69, 9.17) is 9.53 Å². The average molecular weight is 625 g/mol. The molecule has 46 heavy (non-hydrogen) atoms. The molecule has 0 spiro atoms. The van der Waals surface area contributed by atoms with Crippen molar-refractivity contribution < 1.29 is 27.8 Å². The van der Waals surface area contributed by atoms with Crippen molar-refractivity contribution in [1.82, 2.24) is 10.3 Å². The Labute approximate surface area is 268 Å². The van der Waals surface area contributed by atoms with Gasteiger partial charge in [-0.2, -0.15) is 0 Å². The number of carbonyl (C=O) groups is 2. The zero-order valence-corrected chi connectivity index (χ0v) is 26.6. The highest BCUT2D eigenvalue weighted by atomic mass is 19.3. The quantitative estimate of drug-likeness (QED) is 0.166. The number of halogens is 2. The molecule has 0 bridgehead atoms. The lowest BCUT2D eigenvalue weighted by Crippen LogP contribution is -2.26. The Kier molecular flexibility index (Phi) is 10.9. The molecule has 0 aliphatic carbocycles. The summed E-state index contributed by atoms with van der Waals surface area (Å²) in [6, 6.07) is 29.8. The van der Waals surface area contributed by atoms with Crippen molar-refractivity contribution >= 4 is 23.2 Å². The first kappa shape index (κ1) is 33.8. The van der Waals surface area contributed by atoms with Crippen molar-refractivity contribution in [2.75, 3.05) is 13.7 Å². The van der Waals surface area contributed by atoms with Crippen LogP contribution in [0.1, 0.15) is 54.9 Å². The normalized spacial score (nSPS) is 11.3. The van der Waals surface area contributed by atoms with Gasteiger partial charge in [0.15, 0.2) is 0 Å². The number of ether oxygens (including phenoxy) is 2. The zero-order chi connectivity index (χ0) is 33.3. The number of nitrogens with zero attached hydrogens (tertiary/aromatic N) is 1. The Morgan fingerprint density at radius 1 is 0.783 bits per heavy atom. The number of nitrogens with one attached hydrogen (secondary N) is 1. The number of alkyl halides is 2. The number of methoxy groups -OCH3 is 1. The second-order valence-corrected chi connectivity index (χ2v) is 12.0. The number of rotatable bonds is 9. The molecule has 0 unspecified atom stereocenters. The zero-order valence-electron chi connectivity index (χ0n) is 26.6. The summed E-state index contributed by atoms with van der Waals surface area (Å²) in [4.78, 5) is 26.1. The number of pyridine rings is 1. The number of fused-ring (bicyclic) bond motifs is 1. The molecule has 4 aromatic carbocycles. The van der Waals surface area contributed by atoms with Crippen LogP contribution in [-0.2, 0) is 27.3 Å². The van der Waals surface area contributed by atoms with E-state index >= 15 is 0 Å². The van der Waals surface area contributed by atoms with Crippen LogP contribution in [0.5, 0.6) is 11.5 Å². The molecule has 1 heterocycles. The maximum Gasteiger partial charge on any atom is 0.292 e. The van der Waals surface area contributed by atoms with Gasteiger partial charge < -0.3 is 14.8 Å². The van der Waals surface area contributed by atoms with Crippen molar-refractivity contribution in [2.24, 2.45) is 0 Å². The standard InChI is InChI=1S/C36H34F2N2O2.C2H4O2/c1-35(2,3)29-14-17-31(18-15-29)42-32-16-11-27-23-40-33(22-28(27)21-32)34(41)39-20-19-24-5-7-25(8-6-24)26-9-12-30(13-10-26)36(4,37)38;1-4-2-3/h5-18,21-23H,19-20H2,1-4H3,(H,39,41);2H,1H3. The van der Waals surface area contributed by atoms with Crippen molar-refractivity contribution in [3.05, 3.63) is 126 Å². The van der Waals surface area contributed by atoms with E-state index in [0.29, 0.717) is 30.9 Å². The van der Waals surface area contributed by atoms with E-state index in [1.807, 2.05) is 54.6 Å². The summed E-state index contributed by atoms with van der Waals surface area (Å²) < 4.78 is 36.9. The van der Waals surface area contributed by atoms with Gasteiger partial charge in [-0.1, -0.05) is 81.4 Å². The summed E-state index contributed by atoms with van der Waals surface area (Å²) in [5.74, 6) is -1.66. The third-order valence-electron chi connectivity index (χ3n) is 7.36. The minimum absolute atomic E-state index is 0.00445. The van der Waals surface area contributed by atoms with E-state index in [9.17, 15) is 13.6 Å². The molecule has 0 aliphatic rings. The highest BCUT2D eigenvalue weighted by Crippen LogP contribution is 2.30. The van der Waals surface area contributed by atoms with Gasteiger partial charge in [0.2, 0.25) is 0 Å². The van der Waals surface area contributed by atoms with Crippen LogP contribution in [0.4, 0.5) is 8.78 Å². The molecule has 0 saturated heterocycles. The molecule has 5 rings (SSSR count). The van der Waals surface area contributed by atoms with Gasteiger partial charge in [0, 0.05) is 30.6 Å². The van der Waals surface area contributed by atoms with Gasteiger partial charge in [-0.25, -0.2) is 8.78 Å². The Hall–Kier alpha value is -5.11. The van der Waals surface area contributed by atoms with E-state index in [0.717, 1.165) is 40.1 Å². The minimum atomic E-state index is -2.86. The van der Waals surface area contributed by atoms with Gasteiger partial charge in [-0.05, 0) is 75.9 Å². The van der Waals surface area contributed by atoms with Gasteiger partial charge in [-0.3, -0.25) is 14.6 Å². The molecule has 1 amide bonds. The minimum Gasteiger partial charge on any atom is -0.471 e. The molecule has 0 saturated carbocycles. The first-order valence-corrected chi connectivity index (χ1v) is 14.9. The molecule has 5 aromatic rings. The smallest absolute Gasteiger partial charge is 0.292 e. The van der Waals surface area contributed by atoms with Crippen molar-refractivity contribution in [2.45, 2.75) is 45.5 Å². The molecule has 0 aliphatic heterocycles. The van der Waals surface area contributed by atoms with Gasteiger partial charge in [0.05, 0.1) is 7.11 Å². The van der Waals surface area contributed by atoms with Crippen molar-refractivity contribution in [3.8, 4) is 22.6 Å². The topological polar surface area (TPSA) is 77.5 Å². The summed E-state index contributed by atoms with van der Waals surface area (Å²) >= 11 is 0. The second kappa shape index (κ2) is 14.8. The second-order valence-electron chi connectivity index (χ2n) is 12.0. The number of hydrogen-bond donors (Lipinski definition) is 1. The van der Waals surface area contributed by atoms with Crippen LogP contribution in [0.15, 0.2) is 103 Å².